The normalized spacial score (nSPS) is 21.9. The van der Waals surface area contributed by atoms with Gasteiger partial charge >= 0.3 is 0 Å². The van der Waals surface area contributed by atoms with Crippen molar-refractivity contribution in [2.75, 3.05) is 19.8 Å². The molecule has 1 aromatic rings. The van der Waals surface area contributed by atoms with Crippen molar-refractivity contribution in [3.63, 3.8) is 0 Å². The standard InChI is InChI=1S/C11H19N3O2/c1-14-5-2-9(13-14)10(15)11(8-12)3-6-16-7-4-11/h2,5,10,15H,3-4,6-8,12H2,1H3/t10-/m1/s1. The molecule has 2 heterocycles. The first-order valence-electron chi connectivity index (χ1n) is 5.63. The van der Waals surface area contributed by atoms with E-state index in [4.69, 9.17) is 10.5 Å². The van der Waals surface area contributed by atoms with Crippen LogP contribution in [0.3, 0.4) is 0 Å². The van der Waals surface area contributed by atoms with Crippen LogP contribution in [0.5, 0.6) is 0 Å². The summed E-state index contributed by atoms with van der Waals surface area (Å²) in [6.07, 6.45) is 2.83. The molecule has 0 bridgehead atoms. The van der Waals surface area contributed by atoms with Crippen molar-refractivity contribution in [2.45, 2.75) is 18.9 Å². The van der Waals surface area contributed by atoms with E-state index in [1.54, 1.807) is 4.68 Å². The van der Waals surface area contributed by atoms with Crippen molar-refractivity contribution >= 4 is 0 Å². The summed E-state index contributed by atoms with van der Waals surface area (Å²) in [6, 6.07) is 1.84. The van der Waals surface area contributed by atoms with Gasteiger partial charge in [0.1, 0.15) is 6.10 Å². The van der Waals surface area contributed by atoms with Crippen LogP contribution in [-0.2, 0) is 11.8 Å². The number of hydrogen-bond donors (Lipinski definition) is 2. The summed E-state index contributed by atoms with van der Waals surface area (Å²) in [5, 5.41) is 14.6. The zero-order chi connectivity index (χ0) is 11.6. The molecular weight excluding hydrogens is 206 g/mol. The highest BCUT2D eigenvalue weighted by molar-refractivity contribution is 5.09. The van der Waals surface area contributed by atoms with E-state index < -0.39 is 6.10 Å². The molecule has 1 saturated heterocycles. The van der Waals surface area contributed by atoms with Crippen molar-refractivity contribution < 1.29 is 9.84 Å². The van der Waals surface area contributed by atoms with Crippen LogP contribution in [0.1, 0.15) is 24.6 Å². The highest BCUT2D eigenvalue weighted by Gasteiger charge is 2.40. The minimum Gasteiger partial charge on any atom is -0.386 e. The van der Waals surface area contributed by atoms with E-state index in [0.29, 0.717) is 25.5 Å². The molecule has 1 aliphatic heterocycles. The van der Waals surface area contributed by atoms with Gasteiger partial charge in [-0.1, -0.05) is 0 Å². The van der Waals surface area contributed by atoms with Gasteiger partial charge < -0.3 is 15.6 Å². The van der Waals surface area contributed by atoms with E-state index in [0.717, 1.165) is 12.8 Å². The van der Waals surface area contributed by atoms with Gasteiger partial charge in [0.15, 0.2) is 0 Å². The maximum Gasteiger partial charge on any atom is 0.105 e. The molecule has 2 rings (SSSR count). The van der Waals surface area contributed by atoms with Crippen molar-refractivity contribution in [3.05, 3.63) is 18.0 Å². The average Bonchev–Trinajstić information content (AvgIpc) is 2.76. The van der Waals surface area contributed by atoms with Crippen LogP contribution in [0.2, 0.25) is 0 Å². The topological polar surface area (TPSA) is 73.3 Å². The van der Waals surface area contributed by atoms with Gasteiger partial charge in [0.25, 0.3) is 0 Å². The molecule has 3 N–H and O–H groups in total. The largest absolute Gasteiger partial charge is 0.386 e. The Balaban J connectivity index is 2.20. The molecule has 90 valence electrons. The lowest BCUT2D eigenvalue weighted by atomic mass is 9.74. The van der Waals surface area contributed by atoms with Gasteiger partial charge in [-0.3, -0.25) is 4.68 Å². The molecule has 1 aliphatic rings. The fraction of sp³-hybridized carbons (Fsp3) is 0.727. The third-order valence-electron chi connectivity index (χ3n) is 3.49. The fourth-order valence-corrected chi connectivity index (χ4v) is 2.26. The molecule has 0 radical (unpaired) electrons. The van der Waals surface area contributed by atoms with Gasteiger partial charge in [-0.15, -0.1) is 0 Å². The molecule has 0 unspecified atom stereocenters. The maximum atomic E-state index is 10.4. The zero-order valence-corrected chi connectivity index (χ0v) is 9.59. The quantitative estimate of drug-likeness (QED) is 0.771. The maximum absolute atomic E-state index is 10.4. The van der Waals surface area contributed by atoms with E-state index in [-0.39, 0.29) is 5.41 Å². The van der Waals surface area contributed by atoms with Crippen molar-refractivity contribution in [2.24, 2.45) is 18.2 Å². The summed E-state index contributed by atoms with van der Waals surface area (Å²) < 4.78 is 7.02. The Kier molecular flexibility index (Phi) is 3.28. The summed E-state index contributed by atoms with van der Waals surface area (Å²) in [5.74, 6) is 0. The highest BCUT2D eigenvalue weighted by atomic mass is 16.5. The number of aliphatic hydroxyl groups is 1. The van der Waals surface area contributed by atoms with Crippen LogP contribution >= 0.6 is 0 Å². The number of aryl methyl sites for hydroxylation is 1. The van der Waals surface area contributed by atoms with Crippen LogP contribution in [0, 0.1) is 5.41 Å². The first-order chi connectivity index (χ1) is 7.68. The molecule has 16 heavy (non-hydrogen) atoms. The highest BCUT2D eigenvalue weighted by Crippen LogP contribution is 2.40. The van der Waals surface area contributed by atoms with Crippen LogP contribution in [0.15, 0.2) is 12.3 Å². The van der Waals surface area contributed by atoms with E-state index in [1.165, 1.54) is 0 Å². The first kappa shape index (κ1) is 11.6. The third kappa shape index (κ3) is 1.98. The summed E-state index contributed by atoms with van der Waals surface area (Å²) >= 11 is 0. The molecule has 5 nitrogen and oxygen atoms in total. The smallest absolute Gasteiger partial charge is 0.105 e. The average molecular weight is 225 g/mol. The molecule has 1 aromatic heterocycles. The van der Waals surface area contributed by atoms with Crippen molar-refractivity contribution in [3.8, 4) is 0 Å². The van der Waals surface area contributed by atoms with Crippen LogP contribution < -0.4 is 5.73 Å². The molecule has 1 fully saturated rings. The minimum atomic E-state index is -0.595. The van der Waals surface area contributed by atoms with Gasteiger partial charge in [0.05, 0.1) is 5.69 Å². The molecule has 0 spiro atoms. The van der Waals surface area contributed by atoms with E-state index >= 15 is 0 Å². The van der Waals surface area contributed by atoms with Crippen LogP contribution in [0.4, 0.5) is 0 Å². The number of hydrogen-bond acceptors (Lipinski definition) is 4. The third-order valence-corrected chi connectivity index (χ3v) is 3.49. The Morgan fingerprint density at radius 1 is 1.62 bits per heavy atom. The Bertz CT molecular complexity index is 345. The molecule has 0 saturated carbocycles. The van der Waals surface area contributed by atoms with Crippen LogP contribution in [-0.4, -0.2) is 34.6 Å². The lowest BCUT2D eigenvalue weighted by molar-refractivity contribution is -0.0599. The number of rotatable bonds is 3. The second kappa shape index (κ2) is 4.53. The fourth-order valence-electron chi connectivity index (χ4n) is 2.26. The summed E-state index contributed by atoms with van der Waals surface area (Å²) in [5.41, 5.74) is 6.27. The molecule has 1 atom stereocenters. The van der Waals surface area contributed by atoms with E-state index in [1.807, 2.05) is 19.3 Å². The van der Waals surface area contributed by atoms with E-state index in [2.05, 4.69) is 5.10 Å². The van der Waals surface area contributed by atoms with Gasteiger partial charge in [-0.25, -0.2) is 0 Å². The van der Waals surface area contributed by atoms with E-state index in [9.17, 15) is 5.11 Å². The predicted octanol–water partition coefficient (Wildman–Crippen LogP) is 0.209. The minimum absolute atomic E-state index is 0.271. The Hall–Kier alpha value is -0.910. The van der Waals surface area contributed by atoms with Gasteiger partial charge in [-0.2, -0.15) is 5.10 Å². The second-order valence-electron chi connectivity index (χ2n) is 4.50. The number of ether oxygens (including phenoxy) is 1. The first-order valence-corrected chi connectivity index (χ1v) is 5.63. The molecule has 0 amide bonds. The predicted molar refractivity (Wildman–Crippen MR) is 59.7 cm³/mol. The summed E-state index contributed by atoms with van der Waals surface area (Å²) in [7, 11) is 1.84. The van der Waals surface area contributed by atoms with Crippen molar-refractivity contribution in [1.29, 1.82) is 0 Å². The SMILES string of the molecule is Cn1ccc([C@@H](O)C2(CN)CCOCC2)n1. The molecule has 5 heteroatoms. The number of aliphatic hydroxyl groups excluding tert-OH is 1. The number of aromatic nitrogens is 2. The molecule has 0 aliphatic carbocycles. The Morgan fingerprint density at radius 3 is 2.81 bits per heavy atom. The second-order valence-corrected chi connectivity index (χ2v) is 4.50. The number of nitrogens with two attached hydrogens (primary N) is 1. The van der Waals surface area contributed by atoms with Gasteiger partial charge in [0, 0.05) is 38.4 Å². The Morgan fingerprint density at radius 2 is 2.31 bits per heavy atom. The van der Waals surface area contributed by atoms with Crippen molar-refractivity contribution in [1.82, 2.24) is 9.78 Å². The number of nitrogens with zero attached hydrogens (tertiary/aromatic N) is 2. The monoisotopic (exact) mass is 225 g/mol. The lowest BCUT2D eigenvalue weighted by Gasteiger charge is -2.39. The van der Waals surface area contributed by atoms with Crippen LogP contribution in [0.25, 0.3) is 0 Å². The summed E-state index contributed by atoms with van der Waals surface area (Å²) in [4.78, 5) is 0. The zero-order valence-electron chi connectivity index (χ0n) is 9.59. The Labute approximate surface area is 95.2 Å². The molecule has 0 aromatic carbocycles. The van der Waals surface area contributed by atoms with Gasteiger partial charge in [0.2, 0.25) is 0 Å². The summed E-state index contributed by atoms with van der Waals surface area (Å²) in [6.45, 7) is 1.80. The van der Waals surface area contributed by atoms with Gasteiger partial charge in [-0.05, 0) is 18.9 Å². The lowest BCUT2D eigenvalue weighted by Crippen LogP contribution is -2.41. The molecular formula is C11H19N3O2.